The van der Waals surface area contributed by atoms with Crippen LogP contribution in [0.2, 0.25) is 0 Å². The smallest absolute Gasteiger partial charge is 0.319 e. The highest BCUT2D eigenvalue weighted by atomic mass is 19.1. The third kappa shape index (κ3) is 1.94. The van der Waals surface area contributed by atoms with E-state index in [1.165, 1.54) is 13.0 Å². The van der Waals surface area contributed by atoms with E-state index in [9.17, 15) is 18.8 Å². The molecule has 0 bridgehead atoms. The van der Waals surface area contributed by atoms with Gasteiger partial charge in [0.1, 0.15) is 0 Å². The van der Waals surface area contributed by atoms with Crippen molar-refractivity contribution in [2.75, 3.05) is 0 Å². The van der Waals surface area contributed by atoms with Crippen LogP contribution in [0, 0.1) is 12.7 Å². The second-order valence-electron chi connectivity index (χ2n) is 4.67. The Morgan fingerprint density at radius 2 is 1.94 bits per heavy atom. The van der Waals surface area contributed by atoms with Crippen molar-refractivity contribution in [2.45, 2.75) is 44.7 Å². The van der Waals surface area contributed by atoms with Gasteiger partial charge in [-0.2, -0.15) is 0 Å². The van der Waals surface area contributed by atoms with Crippen molar-refractivity contribution in [1.29, 1.82) is 0 Å². The molecule has 0 unspecified atom stereocenters. The van der Waals surface area contributed by atoms with Crippen molar-refractivity contribution < 1.29 is 14.0 Å². The van der Waals surface area contributed by atoms with Crippen LogP contribution in [0.25, 0.3) is 0 Å². The topological polar surface area (TPSA) is 42.2 Å². The van der Waals surface area contributed by atoms with Gasteiger partial charge in [-0.1, -0.05) is 6.42 Å². The van der Waals surface area contributed by atoms with Crippen LogP contribution in [0.15, 0.2) is 10.9 Å². The minimum absolute atomic E-state index is 0.0675. The molecule has 1 aliphatic carbocycles. The molecule has 1 N–H and O–H groups in total. The second kappa shape index (κ2) is 4.13. The van der Waals surface area contributed by atoms with Crippen molar-refractivity contribution in [3.8, 4) is 0 Å². The summed E-state index contributed by atoms with van der Waals surface area (Å²) in [5, 5.41) is 9.54. The van der Waals surface area contributed by atoms with Crippen LogP contribution in [-0.2, 0) is 5.67 Å². The minimum atomic E-state index is -1.72. The molecule has 2 rings (SSSR count). The molecule has 0 aromatic carbocycles. The molecule has 1 heterocycles. The fourth-order valence-electron chi connectivity index (χ4n) is 2.39. The molecule has 0 atom stereocenters. The first-order chi connectivity index (χ1) is 7.96. The lowest BCUT2D eigenvalue weighted by Gasteiger charge is -2.30. The molecule has 5 heteroatoms. The lowest BCUT2D eigenvalue weighted by atomic mass is 9.83. The lowest BCUT2D eigenvalue weighted by molar-refractivity contribution is 0.0566. The fraction of sp³-hybridized carbons (Fsp3) is 0.583. The highest BCUT2D eigenvalue weighted by molar-refractivity contribution is 5.23. The molecule has 0 spiro atoms. The standard InChI is InChI=1S/C12H15F2NO2/c1-8-7-9(15(17)11(16)10(8)13)12(14)5-3-2-4-6-12/h7,17H,2-6H2,1H3. The van der Waals surface area contributed by atoms with E-state index in [0.717, 1.165) is 6.42 Å². The monoisotopic (exact) mass is 243 g/mol. The highest BCUT2D eigenvalue weighted by Gasteiger charge is 2.37. The number of aromatic nitrogens is 1. The predicted molar refractivity (Wildman–Crippen MR) is 58.5 cm³/mol. The molecule has 94 valence electrons. The van der Waals surface area contributed by atoms with Gasteiger partial charge >= 0.3 is 5.56 Å². The minimum Gasteiger partial charge on any atom is -0.425 e. The fourth-order valence-corrected chi connectivity index (χ4v) is 2.39. The van der Waals surface area contributed by atoms with Crippen molar-refractivity contribution in [3.63, 3.8) is 0 Å². The summed E-state index contributed by atoms with van der Waals surface area (Å²) in [5.41, 5.74) is -2.95. The predicted octanol–water partition coefficient (Wildman–Crippen LogP) is 2.66. The van der Waals surface area contributed by atoms with Gasteiger partial charge in [0.2, 0.25) is 0 Å². The van der Waals surface area contributed by atoms with E-state index in [1.54, 1.807) is 0 Å². The zero-order valence-corrected chi connectivity index (χ0v) is 9.67. The Kier molecular flexibility index (Phi) is 2.93. The number of aryl methyl sites for hydroxylation is 1. The van der Waals surface area contributed by atoms with E-state index >= 15 is 0 Å². The Morgan fingerprint density at radius 3 is 2.53 bits per heavy atom. The summed E-state index contributed by atoms with van der Waals surface area (Å²) in [4.78, 5) is 11.4. The van der Waals surface area contributed by atoms with Crippen molar-refractivity contribution in [1.82, 2.24) is 4.73 Å². The summed E-state index contributed by atoms with van der Waals surface area (Å²) in [7, 11) is 0. The molecule has 3 nitrogen and oxygen atoms in total. The Hall–Kier alpha value is -1.39. The summed E-state index contributed by atoms with van der Waals surface area (Å²) in [5.74, 6) is -1.03. The van der Waals surface area contributed by atoms with Gasteiger partial charge in [0.05, 0.1) is 5.69 Å². The quantitative estimate of drug-likeness (QED) is 0.770. The Morgan fingerprint density at radius 1 is 1.35 bits per heavy atom. The van der Waals surface area contributed by atoms with Gasteiger partial charge in [0.15, 0.2) is 11.5 Å². The van der Waals surface area contributed by atoms with Crippen LogP contribution < -0.4 is 5.56 Å². The van der Waals surface area contributed by atoms with Crippen LogP contribution in [0.4, 0.5) is 8.78 Å². The summed E-state index contributed by atoms with van der Waals surface area (Å²) in [6, 6.07) is 1.22. The Labute approximate surface area is 97.7 Å². The van der Waals surface area contributed by atoms with Crippen LogP contribution in [0.5, 0.6) is 0 Å². The van der Waals surface area contributed by atoms with Gasteiger partial charge in [0, 0.05) is 0 Å². The molecule has 0 amide bonds. The van der Waals surface area contributed by atoms with Gasteiger partial charge in [-0.15, -0.1) is 4.73 Å². The van der Waals surface area contributed by atoms with Crippen LogP contribution in [0.1, 0.15) is 43.4 Å². The van der Waals surface area contributed by atoms with E-state index in [0.29, 0.717) is 12.8 Å². The number of hydrogen-bond donors (Lipinski definition) is 1. The molecule has 0 radical (unpaired) electrons. The molecule has 1 fully saturated rings. The van der Waals surface area contributed by atoms with E-state index < -0.39 is 17.0 Å². The number of nitrogens with zero attached hydrogens (tertiary/aromatic N) is 1. The molecule has 1 aromatic heterocycles. The molecule has 1 aliphatic rings. The van der Waals surface area contributed by atoms with E-state index in [1.807, 2.05) is 0 Å². The van der Waals surface area contributed by atoms with Crippen LogP contribution >= 0.6 is 0 Å². The van der Waals surface area contributed by atoms with Crippen LogP contribution in [-0.4, -0.2) is 9.94 Å². The molecule has 0 aliphatic heterocycles. The molecule has 0 saturated heterocycles. The maximum atomic E-state index is 14.6. The molecule has 1 saturated carbocycles. The molecular weight excluding hydrogens is 228 g/mol. The first kappa shape index (κ1) is 12.1. The molecule has 1 aromatic rings. The molecule has 17 heavy (non-hydrogen) atoms. The van der Waals surface area contributed by atoms with Gasteiger partial charge in [-0.3, -0.25) is 4.79 Å². The summed E-state index contributed by atoms with van der Waals surface area (Å²) in [6.45, 7) is 1.40. The lowest BCUT2D eigenvalue weighted by Crippen LogP contribution is -2.34. The van der Waals surface area contributed by atoms with Crippen molar-refractivity contribution >= 4 is 0 Å². The van der Waals surface area contributed by atoms with E-state index in [-0.39, 0.29) is 28.8 Å². The van der Waals surface area contributed by atoms with Crippen molar-refractivity contribution in [3.05, 3.63) is 33.5 Å². The number of halogens is 2. The zero-order chi connectivity index (χ0) is 12.6. The summed E-state index contributed by atoms with van der Waals surface area (Å²) < 4.78 is 28.0. The largest absolute Gasteiger partial charge is 0.425 e. The average Bonchev–Trinajstić information content (AvgIpc) is 2.32. The number of rotatable bonds is 1. The maximum Gasteiger partial charge on any atom is 0.319 e. The third-order valence-corrected chi connectivity index (χ3v) is 3.41. The number of alkyl halides is 1. The number of pyridine rings is 1. The van der Waals surface area contributed by atoms with Gasteiger partial charge < -0.3 is 5.21 Å². The first-order valence-electron chi connectivity index (χ1n) is 5.76. The second-order valence-corrected chi connectivity index (χ2v) is 4.67. The van der Waals surface area contributed by atoms with Gasteiger partial charge in [0.25, 0.3) is 0 Å². The maximum absolute atomic E-state index is 14.6. The highest BCUT2D eigenvalue weighted by Crippen LogP contribution is 2.40. The van der Waals surface area contributed by atoms with Crippen LogP contribution in [0.3, 0.4) is 0 Å². The van der Waals surface area contributed by atoms with Crippen molar-refractivity contribution in [2.24, 2.45) is 0 Å². The molecular formula is C12H15F2NO2. The zero-order valence-electron chi connectivity index (χ0n) is 9.67. The summed E-state index contributed by atoms with van der Waals surface area (Å²) in [6.07, 6.45) is 2.89. The van der Waals surface area contributed by atoms with Gasteiger partial charge in [-0.25, -0.2) is 8.78 Å². The SMILES string of the molecule is Cc1cc(C2(F)CCCCC2)n(O)c(=O)c1F. The van der Waals surface area contributed by atoms with E-state index in [2.05, 4.69) is 0 Å². The first-order valence-corrected chi connectivity index (χ1v) is 5.76. The number of hydrogen-bond acceptors (Lipinski definition) is 2. The third-order valence-electron chi connectivity index (χ3n) is 3.41. The Balaban J connectivity index is 2.55. The summed E-state index contributed by atoms with van der Waals surface area (Å²) >= 11 is 0. The van der Waals surface area contributed by atoms with E-state index in [4.69, 9.17) is 0 Å². The normalized spacial score (nSPS) is 19.2. The Bertz CT molecular complexity index is 490. The average molecular weight is 243 g/mol. The van der Waals surface area contributed by atoms with Gasteiger partial charge in [-0.05, 0) is 44.2 Å².